The van der Waals surface area contributed by atoms with Gasteiger partial charge in [-0.15, -0.1) is 0 Å². The van der Waals surface area contributed by atoms with Gasteiger partial charge in [-0.25, -0.2) is 4.98 Å². The normalized spacial score (nSPS) is 10.6. The standard InChI is InChI=1S/C21H24N4O4/c1-3-29-17-12-11-14(13-18(17)28-2)21(27)25-24-20(26)10-6-9-19-22-15-7-4-5-8-16(15)23-19/h4-5,7-8,11-13H,3,6,9-10H2,1-2H3,(H,22,23)(H,24,26)(H,25,27). The van der Waals surface area contributed by atoms with E-state index < -0.39 is 5.91 Å². The summed E-state index contributed by atoms with van der Waals surface area (Å²) in [7, 11) is 1.50. The Hall–Kier alpha value is -3.55. The molecule has 8 nitrogen and oxygen atoms in total. The van der Waals surface area contributed by atoms with Crippen molar-refractivity contribution < 1.29 is 19.1 Å². The van der Waals surface area contributed by atoms with Gasteiger partial charge in [-0.05, 0) is 43.7 Å². The molecule has 1 heterocycles. The highest BCUT2D eigenvalue weighted by Crippen LogP contribution is 2.27. The minimum Gasteiger partial charge on any atom is -0.493 e. The number of nitrogens with zero attached hydrogens (tertiary/aromatic N) is 1. The van der Waals surface area contributed by atoms with Crippen molar-refractivity contribution in [2.24, 2.45) is 0 Å². The zero-order valence-electron chi connectivity index (χ0n) is 16.5. The number of benzene rings is 2. The molecule has 0 aliphatic rings. The molecule has 3 rings (SSSR count). The van der Waals surface area contributed by atoms with E-state index in [-0.39, 0.29) is 12.3 Å². The predicted molar refractivity (Wildman–Crippen MR) is 109 cm³/mol. The number of aromatic amines is 1. The third-order valence-corrected chi connectivity index (χ3v) is 4.30. The van der Waals surface area contributed by atoms with Crippen LogP contribution in [0.5, 0.6) is 11.5 Å². The first-order chi connectivity index (χ1) is 14.1. The second-order valence-corrected chi connectivity index (χ2v) is 6.36. The van der Waals surface area contributed by atoms with E-state index in [1.807, 2.05) is 31.2 Å². The maximum Gasteiger partial charge on any atom is 0.269 e. The van der Waals surface area contributed by atoms with Gasteiger partial charge in [0, 0.05) is 18.4 Å². The average Bonchev–Trinajstić information content (AvgIpc) is 3.15. The second-order valence-electron chi connectivity index (χ2n) is 6.36. The van der Waals surface area contributed by atoms with Crippen LogP contribution in [0, 0.1) is 0 Å². The van der Waals surface area contributed by atoms with Crippen LogP contribution in [-0.4, -0.2) is 35.5 Å². The van der Waals surface area contributed by atoms with Crippen LogP contribution in [0.2, 0.25) is 0 Å². The van der Waals surface area contributed by atoms with Crippen molar-refractivity contribution in [3.63, 3.8) is 0 Å². The second kappa shape index (κ2) is 9.59. The summed E-state index contributed by atoms with van der Waals surface area (Å²) in [5.74, 6) is 1.15. The Morgan fingerprint density at radius 3 is 2.69 bits per heavy atom. The monoisotopic (exact) mass is 396 g/mol. The highest BCUT2D eigenvalue weighted by Gasteiger charge is 2.12. The summed E-state index contributed by atoms with van der Waals surface area (Å²) in [5.41, 5.74) is 7.08. The topological polar surface area (TPSA) is 105 Å². The van der Waals surface area contributed by atoms with E-state index in [1.165, 1.54) is 7.11 Å². The van der Waals surface area contributed by atoms with Gasteiger partial charge >= 0.3 is 0 Å². The molecular formula is C21H24N4O4. The molecule has 0 fully saturated rings. The number of aromatic nitrogens is 2. The van der Waals surface area contributed by atoms with E-state index in [0.717, 1.165) is 16.9 Å². The number of nitrogens with one attached hydrogen (secondary N) is 3. The van der Waals surface area contributed by atoms with Gasteiger partial charge in [-0.1, -0.05) is 12.1 Å². The van der Waals surface area contributed by atoms with E-state index in [0.29, 0.717) is 36.5 Å². The Labute approximate surface area is 168 Å². The number of carbonyl (C=O) groups is 2. The number of amides is 2. The van der Waals surface area contributed by atoms with Gasteiger partial charge in [0.05, 0.1) is 24.8 Å². The number of para-hydroxylation sites is 2. The van der Waals surface area contributed by atoms with Gasteiger partial charge in [0.25, 0.3) is 5.91 Å². The van der Waals surface area contributed by atoms with Gasteiger partial charge in [-0.3, -0.25) is 20.4 Å². The maximum absolute atomic E-state index is 12.2. The van der Waals surface area contributed by atoms with Crippen LogP contribution in [0.3, 0.4) is 0 Å². The molecule has 0 saturated carbocycles. The molecule has 1 aromatic heterocycles. The lowest BCUT2D eigenvalue weighted by Gasteiger charge is -2.11. The van der Waals surface area contributed by atoms with Crippen molar-refractivity contribution in [1.29, 1.82) is 0 Å². The van der Waals surface area contributed by atoms with Crippen LogP contribution in [0.25, 0.3) is 11.0 Å². The maximum atomic E-state index is 12.2. The number of hydrogen-bond acceptors (Lipinski definition) is 5. The SMILES string of the molecule is CCOc1ccc(C(=O)NNC(=O)CCCc2nc3ccccc3[nH]2)cc1OC. The third kappa shape index (κ3) is 5.25. The zero-order chi connectivity index (χ0) is 20.6. The first-order valence-electron chi connectivity index (χ1n) is 9.44. The molecule has 2 aromatic carbocycles. The molecule has 0 aliphatic heterocycles. The summed E-state index contributed by atoms with van der Waals surface area (Å²) in [6, 6.07) is 12.6. The molecule has 0 radical (unpaired) electrons. The highest BCUT2D eigenvalue weighted by atomic mass is 16.5. The molecule has 29 heavy (non-hydrogen) atoms. The number of imidazole rings is 1. The molecule has 8 heteroatoms. The van der Waals surface area contributed by atoms with E-state index in [9.17, 15) is 9.59 Å². The number of methoxy groups -OCH3 is 1. The fraction of sp³-hybridized carbons (Fsp3) is 0.286. The largest absolute Gasteiger partial charge is 0.493 e. The van der Waals surface area contributed by atoms with Crippen molar-refractivity contribution in [1.82, 2.24) is 20.8 Å². The molecule has 0 unspecified atom stereocenters. The average molecular weight is 396 g/mol. The fourth-order valence-corrected chi connectivity index (χ4v) is 2.89. The van der Waals surface area contributed by atoms with Crippen LogP contribution in [0.1, 0.15) is 35.9 Å². The van der Waals surface area contributed by atoms with Crippen LogP contribution in [0.4, 0.5) is 0 Å². The summed E-state index contributed by atoms with van der Waals surface area (Å²) in [4.78, 5) is 32.0. The Bertz CT molecular complexity index is 966. The number of rotatable bonds is 8. The number of fused-ring (bicyclic) bond motifs is 1. The Morgan fingerprint density at radius 2 is 1.93 bits per heavy atom. The van der Waals surface area contributed by atoms with E-state index >= 15 is 0 Å². The van der Waals surface area contributed by atoms with Gasteiger partial charge in [0.15, 0.2) is 11.5 Å². The summed E-state index contributed by atoms with van der Waals surface area (Å²) < 4.78 is 10.7. The number of ether oxygens (including phenoxy) is 2. The van der Waals surface area contributed by atoms with Crippen LogP contribution >= 0.6 is 0 Å². The van der Waals surface area contributed by atoms with Gasteiger partial charge in [0.1, 0.15) is 5.82 Å². The first kappa shape index (κ1) is 20.2. The molecule has 0 aliphatic carbocycles. The molecule has 0 atom stereocenters. The minimum atomic E-state index is -0.433. The number of carbonyl (C=O) groups excluding carboxylic acids is 2. The van der Waals surface area contributed by atoms with Crippen molar-refractivity contribution in [3.05, 3.63) is 53.9 Å². The fourth-order valence-electron chi connectivity index (χ4n) is 2.89. The molecule has 0 saturated heterocycles. The quantitative estimate of drug-likeness (QED) is 0.508. The van der Waals surface area contributed by atoms with Crippen molar-refractivity contribution >= 4 is 22.8 Å². The van der Waals surface area contributed by atoms with Gasteiger partial charge in [-0.2, -0.15) is 0 Å². The zero-order valence-corrected chi connectivity index (χ0v) is 16.5. The van der Waals surface area contributed by atoms with Gasteiger partial charge in [0.2, 0.25) is 5.91 Å². The van der Waals surface area contributed by atoms with Crippen molar-refractivity contribution in [2.75, 3.05) is 13.7 Å². The highest BCUT2D eigenvalue weighted by molar-refractivity contribution is 5.96. The molecule has 0 bridgehead atoms. The smallest absolute Gasteiger partial charge is 0.269 e. The van der Waals surface area contributed by atoms with Gasteiger partial charge < -0.3 is 14.5 Å². The van der Waals surface area contributed by atoms with Crippen molar-refractivity contribution in [2.45, 2.75) is 26.2 Å². The van der Waals surface area contributed by atoms with Crippen LogP contribution in [-0.2, 0) is 11.2 Å². The van der Waals surface area contributed by atoms with Crippen LogP contribution in [0.15, 0.2) is 42.5 Å². The molecule has 3 N–H and O–H groups in total. The summed E-state index contributed by atoms with van der Waals surface area (Å²) in [6.07, 6.45) is 1.52. The Morgan fingerprint density at radius 1 is 1.10 bits per heavy atom. The molecule has 3 aromatic rings. The van der Waals surface area contributed by atoms with E-state index in [2.05, 4.69) is 20.8 Å². The molecule has 152 valence electrons. The molecule has 0 spiro atoms. The molecule has 2 amide bonds. The number of hydrazine groups is 1. The number of aryl methyl sites for hydroxylation is 1. The molecular weight excluding hydrogens is 372 g/mol. The number of hydrogen-bond donors (Lipinski definition) is 3. The van der Waals surface area contributed by atoms with Crippen molar-refractivity contribution in [3.8, 4) is 11.5 Å². The summed E-state index contributed by atoms with van der Waals surface area (Å²) >= 11 is 0. The van der Waals surface area contributed by atoms with Crippen LogP contribution < -0.4 is 20.3 Å². The predicted octanol–water partition coefficient (Wildman–Crippen LogP) is 2.75. The third-order valence-electron chi connectivity index (χ3n) is 4.30. The minimum absolute atomic E-state index is 0.268. The first-order valence-corrected chi connectivity index (χ1v) is 9.44. The lowest BCUT2D eigenvalue weighted by Crippen LogP contribution is -2.41. The number of H-pyrrole nitrogens is 1. The Kier molecular flexibility index (Phi) is 6.67. The summed E-state index contributed by atoms with van der Waals surface area (Å²) in [6.45, 7) is 2.36. The Balaban J connectivity index is 1.45. The van der Waals surface area contributed by atoms with E-state index in [4.69, 9.17) is 9.47 Å². The lowest BCUT2D eigenvalue weighted by molar-refractivity contribution is -0.121. The summed E-state index contributed by atoms with van der Waals surface area (Å²) in [5, 5.41) is 0. The van der Waals surface area contributed by atoms with E-state index in [1.54, 1.807) is 18.2 Å². The lowest BCUT2D eigenvalue weighted by atomic mass is 10.2.